The number of ether oxygens (including phenoxy) is 1. The van der Waals surface area contributed by atoms with Gasteiger partial charge < -0.3 is 15.8 Å². The predicted octanol–water partition coefficient (Wildman–Crippen LogP) is 3.87. The Morgan fingerprint density at radius 2 is 1.85 bits per heavy atom. The third-order valence-electron chi connectivity index (χ3n) is 6.29. The number of carbonyl (C=O) groups excluding carboxylic acids is 1. The van der Waals surface area contributed by atoms with Crippen molar-refractivity contribution in [2.24, 2.45) is 0 Å². The number of nitrogens with zero attached hydrogens (tertiary/aromatic N) is 4. The maximum absolute atomic E-state index is 14.1. The first-order valence-electron chi connectivity index (χ1n) is 12.2. The van der Waals surface area contributed by atoms with E-state index in [2.05, 4.69) is 20.3 Å². The predicted molar refractivity (Wildman–Crippen MR) is 145 cm³/mol. The number of rotatable bonds is 9. The first kappa shape index (κ1) is 27.6. The van der Waals surface area contributed by atoms with Gasteiger partial charge in [0.1, 0.15) is 33.8 Å². The Morgan fingerprint density at radius 3 is 2.50 bits per heavy atom. The van der Waals surface area contributed by atoms with Crippen LogP contribution in [0, 0.1) is 11.6 Å². The van der Waals surface area contributed by atoms with Crippen molar-refractivity contribution >= 4 is 38.1 Å². The molecule has 1 aliphatic heterocycles. The molecule has 4 heterocycles. The van der Waals surface area contributed by atoms with Crippen LogP contribution in [0.4, 0.5) is 19.7 Å². The average Bonchev–Trinajstić information content (AvgIpc) is 3.32. The maximum atomic E-state index is 14.1. The zero-order chi connectivity index (χ0) is 28.3. The number of nitrogens with two attached hydrogens (primary N) is 1. The monoisotopic (exact) mass is 586 g/mol. The molecule has 0 unspecified atom stereocenters. The fraction of sp³-hybridized carbons (Fsp3) is 0.231. The largest absolute Gasteiger partial charge is 0.473 e. The lowest BCUT2D eigenvalue weighted by Crippen LogP contribution is -2.42. The highest BCUT2D eigenvalue weighted by atomic mass is 32.2. The lowest BCUT2D eigenvalue weighted by atomic mass is 10.1. The molecule has 1 aromatic carbocycles. The number of benzene rings is 1. The number of nitrogens with one attached hydrogen (secondary N) is 1. The van der Waals surface area contributed by atoms with Crippen LogP contribution in [0.5, 0.6) is 5.88 Å². The summed E-state index contributed by atoms with van der Waals surface area (Å²) in [4.78, 5) is 25.0. The van der Waals surface area contributed by atoms with Gasteiger partial charge >= 0.3 is 0 Å². The van der Waals surface area contributed by atoms with Crippen molar-refractivity contribution in [3.05, 3.63) is 88.7 Å². The Morgan fingerprint density at radius 1 is 1.10 bits per heavy atom. The number of aromatic nitrogens is 3. The molecule has 0 saturated carbocycles. The molecule has 3 N–H and O–H groups in total. The normalized spacial score (nSPS) is 14.7. The van der Waals surface area contributed by atoms with Crippen molar-refractivity contribution < 1.29 is 26.7 Å². The van der Waals surface area contributed by atoms with Crippen LogP contribution in [0.15, 0.2) is 66.0 Å². The Balaban J connectivity index is 1.18. The van der Waals surface area contributed by atoms with Crippen LogP contribution in [-0.4, -0.2) is 52.6 Å². The smallest absolute Gasteiger partial charge is 0.244 e. The van der Waals surface area contributed by atoms with Gasteiger partial charge in [0.05, 0.1) is 11.8 Å². The van der Waals surface area contributed by atoms with Gasteiger partial charge in [0, 0.05) is 43.2 Å². The fourth-order valence-electron chi connectivity index (χ4n) is 4.19. The molecule has 0 bridgehead atoms. The minimum Gasteiger partial charge on any atom is -0.473 e. The van der Waals surface area contributed by atoms with E-state index in [1.807, 2.05) is 6.07 Å². The van der Waals surface area contributed by atoms with Gasteiger partial charge in [-0.05, 0) is 37.1 Å². The highest BCUT2D eigenvalue weighted by Gasteiger charge is 2.31. The van der Waals surface area contributed by atoms with Crippen molar-refractivity contribution in [2.45, 2.75) is 30.4 Å². The lowest BCUT2D eigenvalue weighted by molar-refractivity contribution is 0.103. The van der Waals surface area contributed by atoms with Gasteiger partial charge in [0.15, 0.2) is 5.13 Å². The molecule has 14 heteroatoms. The van der Waals surface area contributed by atoms with Gasteiger partial charge in [0.25, 0.3) is 0 Å². The van der Waals surface area contributed by atoms with E-state index in [1.165, 1.54) is 28.7 Å². The summed E-state index contributed by atoms with van der Waals surface area (Å²) < 4.78 is 61.4. The van der Waals surface area contributed by atoms with E-state index in [0.717, 1.165) is 29.0 Å². The number of sulfonamides is 1. The number of pyridine rings is 2. The second-order valence-corrected chi connectivity index (χ2v) is 11.9. The molecule has 208 valence electrons. The van der Waals surface area contributed by atoms with Gasteiger partial charge in [-0.2, -0.15) is 4.31 Å². The summed E-state index contributed by atoms with van der Waals surface area (Å²) in [6, 6.07) is 9.64. The summed E-state index contributed by atoms with van der Waals surface area (Å²) in [6.07, 6.45) is 5.53. The minimum atomic E-state index is -3.77. The quantitative estimate of drug-likeness (QED) is 0.280. The summed E-state index contributed by atoms with van der Waals surface area (Å²) >= 11 is 0.895. The highest BCUT2D eigenvalue weighted by Crippen LogP contribution is 2.31. The second kappa shape index (κ2) is 11.6. The summed E-state index contributed by atoms with van der Waals surface area (Å²) in [7, 11) is -3.77. The number of anilines is 2. The molecule has 5 rings (SSSR count). The molecule has 1 saturated heterocycles. The van der Waals surface area contributed by atoms with E-state index in [0.29, 0.717) is 23.9 Å². The number of nitrogen functional groups attached to an aromatic ring is 1. The molecule has 4 aromatic rings. The third-order valence-corrected chi connectivity index (χ3v) is 9.17. The van der Waals surface area contributed by atoms with E-state index in [4.69, 9.17) is 10.5 Å². The molecular weight excluding hydrogens is 562 g/mol. The Hall–Kier alpha value is -4.01. The third kappa shape index (κ3) is 5.93. The molecule has 0 spiro atoms. The van der Waals surface area contributed by atoms with E-state index in [-0.39, 0.29) is 41.3 Å². The standard InChI is InChI=1S/C26H24F2N6O4S2/c27-19-4-1-5-20(28)22(19)23(35)24-25(29)33-26(39-24)32-17-8-11-34(12-9-17)40(36,37)18-6-7-21(31-14-18)38-15-16-3-2-10-30-13-16/h1-7,10,13-14,17H,8-9,11-12,15,29H2,(H,32,33). The second-order valence-electron chi connectivity index (χ2n) is 8.96. The summed E-state index contributed by atoms with van der Waals surface area (Å²) in [6.45, 7) is 0.743. The molecule has 40 heavy (non-hydrogen) atoms. The molecule has 0 aliphatic carbocycles. The zero-order valence-electron chi connectivity index (χ0n) is 21.0. The van der Waals surface area contributed by atoms with Crippen LogP contribution in [0.3, 0.4) is 0 Å². The summed E-state index contributed by atoms with van der Waals surface area (Å²) in [5.41, 5.74) is 6.05. The minimum absolute atomic E-state index is 0.0591. The highest BCUT2D eigenvalue weighted by molar-refractivity contribution is 7.89. The number of hydrogen-bond donors (Lipinski definition) is 2. The maximum Gasteiger partial charge on any atom is 0.244 e. The fourth-order valence-corrected chi connectivity index (χ4v) is 6.52. The molecule has 0 amide bonds. The molecule has 10 nitrogen and oxygen atoms in total. The van der Waals surface area contributed by atoms with Crippen molar-refractivity contribution in [1.29, 1.82) is 0 Å². The van der Waals surface area contributed by atoms with Crippen LogP contribution in [-0.2, 0) is 16.6 Å². The number of piperidine rings is 1. The number of ketones is 1. The van der Waals surface area contributed by atoms with Crippen molar-refractivity contribution in [1.82, 2.24) is 19.3 Å². The molecule has 1 aliphatic rings. The lowest BCUT2D eigenvalue weighted by Gasteiger charge is -2.31. The number of halogens is 2. The van der Waals surface area contributed by atoms with Crippen LogP contribution in [0.1, 0.15) is 33.6 Å². The summed E-state index contributed by atoms with van der Waals surface area (Å²) in [5.74, 6) is -2.70. The number of hydrogen-bond acceptors (Lipinski definition) is 10. The Bertz CT molecular complexity index is 1590. The van der Waals surface area contributed by atoms with Crippen LogP contribution in [0.25, 0.3) is 0 Å². The van der Waals surface area contributed by atoms with Gasteiger partial charge in [0.2, 0.25) is 21.7 Å². The van der Waals surface area contributed by atoms with E-state index in [9.17, 15) is 22.0 Å². The van der Waals surface area contributed by atoms with Crippen molar-refractivity contribution in [3.63, 3.8) is 0 Å². The van der Waals surface area contributed by atoms with Crippen LogP contribution >= 0.6 is 11.3 Å². The molecule has 3 aromatic heterocycles. The van der Waals surface area contributed by atoms with Crippen LogP contribution < -0.4 is 15.8 Å². The molecular formula is C26H24F2N6O4S2. The van der Waals surface area contributed by atoms with Crippen LogP contribution in [0.2, 0.25) is 0 Å². The zero-order valence-corrected chi connectivity index (χ0v) is 22.6. The first-order valence-corrected chi connectivity index (χ1v) is 14.5. The van der Waals surface area contributed by atoms with Gasteiger partial charge in [-0.15, -0.1) is 0 Å². The first-order chi connectivity index (χ1) is 19.2. The Labute approximate surface area is 232 Å². The molecule has 0 radical (unpaired) electrons. The number of carbonyl (C=O) groups is 1. The Kier molecular flexibility index (Phi) is 8.00. The topological polar surface area (TPSA) is 140 Å². The van der Waals surface area contributed by atoms with Gasteiger partial charge in [-0.1, -0.05) is 23.5 Å². The van der Waals surface area contributed by atoms with Crippen molar-refractivity contribution in [3.8, 4) is 5.88 Å². The van der Waals surface area contributed by atoms with Crippen molar-refractivity contribution in [2.75, 3.05) is 24.1 Å². The van der Waals surface area contributed by atoms with Gasteiger partial charge in [-0.25, -0.2) is 27.2 Å². The van der Waals surface area contributed by atoms with E-state index >= 15 is 0 Å². The SMILES string of the molecule is Nc1nc(NC2CCN(S(=O)(=O)c3ccc(OCc4cccnc4)nc3)CC2)sc1C(=O)c1c(F)cccc1F. The number of thiazole rings is 1. The molecule has 1 fully saturated rings. The summed E-state index contributed by atoms with van der Waals surface area (Å²) in [5, 5.41) is 3.47. The van der Waals surface area contributed by atoms with E-state index < -0.39 is 33.0 Å². The average molecular weight is 587 g/mol. The van der Waals surface area contributed by atoms with Gasteiger partial charge in [-0.3, -0.25) is 9.78 Å². The molecule has 0 atom stereocenters. The van der Waals surface area contributed by atoms with E-state index in [1.54, 1.807) is 18.5 Å².